The predicted molar refractivity (Wildman–Crippen MR) is 127 cm³/mol. The fraction of sp³-hybridized carbons (Fsp3) is 0.417. The van der Waals surface area contributed by atoms with Crippen LogP contribution in [0.25, 0.3) is 0 Å². The highest BCUT2D eigenvalue weighted by atomic mass is 32.2. The molecule has 2 aromatic carbocycles. The number of para-hydroxylation sites is 1. The van der Waals surface area contributed by atoms with Crippen LogP contribution in [0.4, 0.5) is 11.4 Å². The number of sulfonamides is 1. The Bertz CT molecular complexity index is 1050. The summed E-state index contributed by atoms with van der Waals surface area (Å²) in [5.74, 6) is -0.169. The fourth-order valence-corrected chi connectivity index (χ4v) is 4.91. The van der Waals surface area contributed by atoms with Gasteiger partial charge in [-0.1, -0.05) is 18.2 Å². The van der Waals surface area contributed by atoms with Crippen molar-refractivity contribution in [3.63, 3.8) is 0 Å². The van der Waals surface area contributed by atoms with Crippen LogP contribution in [0.2, 0.25) is 0 Å². The SMILES string of the molecule is Cc1ccccc1N(CCCC(=O)Nc1ccc(C(=O)N2CCCCC2)cc1)S(C)(=O)=O. The summed E-state index contributed by atoms with van der Waals surface area (Å²) in [6.07, 6.45) is 5.00. The van der Waals surface area contributed by atoms with Gasteiger partial charge in [-0.05, 0) is 68.5 Å². The van der Waals surface area contributed by atoms with Gasteiger partial charge < -0.3 is 10.2 Å². The number of nitrogens with one attached hydrogen (secondary N) is 1. The second-order valence-electron chi connectivity index (χ2n) is 8.20. The molecule has 32 heavy (non-hydrogen) atoms. The highest BCUT2D eigenvalue weighted by Gasteiger charge is 2.20. The van der Waals surface area contributed by atoms with Crippen molar-refractivity contribution in [2.45, 2.75) is 39.0 Å². The molecule has 1 aliphatic rings. The molecule has 1 aliphatic heterocycles. The standard InChI is InChI=1S/C24H31N3O4S/c1-19-9-4-5-10-22(19)27(32(2,30)31)18-8-11-23(28)25-21-14-12-20(13-15-21)24(29)26-16-6-3-7-17-26/h4-5,9-10,12-15H,3,6-8,11,16-18H2,1-2H3,(H,25,28). The van der Waals surface area contributed by atoms with Gasteiger partial charge >= 0.3 is 0 Å². The van der Waals surface area contributed by atoms with Crippen LogP contribution < -0.4 is 9.62 Å². The van der Waals surface area contributed by atoms with Crippen molar-refractivity contribution in [1.29, 1.82) is 0 Å². The molecule has 0 aliphatic carbocycles. The zero-order chi connectivity index (χ0) is 23.1. The average Bonchev–Trinajstić information content (AvgIpc) is 2.77. The smallest absolute Gasteiger partial charge is 0.253 e. The Morgan fingerprint density at radius 1 is 1.00 bits per heavy atom. The molecule has 172 valence electrons. The first-order valence-corrected chi connectivity index (χ1v) is 12.8. The van der Waals surface area contributed by atoms with E-state index in [0.29, 0.717) is 23.4 Å². The molecule has 1 fully saturated rings. The predicted octanol–water partition coefficient (Wildman–Crippen LogP) is 3.81. The van der Waals surface area contributed by atoms with E-state index in [1.807, 2.05) is 24.0 Å². The third-order valence-electron chi connectivity index (χ3n) is 5.61. The highest BCUT2D eigenvalue weighted by molar-refractivity contribution is 7.92. The topological polar surface area (TPSA) is 86.8 Å². The molecule has 0 spiro atoms. The van der Waals surface area contributed by atoms with E-state index in [-0.39, 0.29) is 24.8 Å². The van der Waals surface area contributed by atoms with Gasteiger partial charge in [0.2, 0.25) is 15.9 Å². The van der Waals surface area contributed by atoms with Crippen LogP contribution in [-0.4, -0.2) is 51.0 Å². The third kappa shape index (κ3) is 6.32. The number of aryl methyl sites for hydroxylation is 1. The lowest BCUT2D eigenvalue weighted by Gasteiger charge is -2.26. The van der Waals surface area contributed by atoms with E-state index < -0.39 is 10.0 Å². The third-order valence-corrected chi connectivity index (χ3v) is 6.79. The molecule has 0 atom stereocenters. The minimum Gasteiger partial charge on any atom is -0.339 e. The van der Waals surface area contributed by atoms with Crippen molar-refractivity contribution in [1.82, 2.24) is 4.90 Å². The Morgan fingerprint density at radius 3 is 2.28 bits per heavy atom. The van der Waals surface area contributed by atoms with Crippen LogP contribution >= 0.6 is 0 Å². The van der Waals surface area contributed by atoms with Gasteiger partial charge in [0, 0.05) is 37.3 Å². The lowest BCUT2D eigenvalue weighted by Crippen LogP contribution is -2.35. The lowest BCUT2D eigenvalue weighted by molar-refractivity contribution is -0.116. The van der Waals surface area contributed by atoms with Gasteiger partial charge in [0.25, 0.3) is 5.91 Å². The molecule has 1 saturated heterocycles. The number of hydrogen-bond acceptors (Lipinski definition) is 4. The van der Waals surface area contributed by atoms with Crippen molar-refractivity contribution in [3.8, 4) is 0 Å². The summed E-state index contributed by atoms with van der Waals surface area (Å²) >= 11 is 0. The van der Waals surface area contributed by atoms with Crippen LogP contribution in [0.1, 0.15) is 48.0 Å². The van der Waals surface area contributed by atoms with Crippen LogP contribution in [0.3, 0.4) is 0 Å². The summed E-state index contributed by atoms with van der Waals surface area (Å²) in [4.78, 5) is 26.8. The molecule has 2 aromatic rings. The number of carbonyl (C=O) groups is 2. The van der Waals surface area contributed by atoms with Crippen LogP contribution in [0, 0.1) is 6.92 Å². The number of amides is 2. The van der Waals surface area contributed by atoms with Crippen molar-refractivity contribution < 1.29 is 18.0 Å². The van der Waals surface area contributed by atoms with Gasteiger partial charge in [0.15, 0.2) is 0 Å². The Balaban J connectivity index is 1.53. The Kier molecular flexibility index (Phi) is 7.90. The first kappa shape index (κ1) is 23.8. The van der Waals surface area contributed by atoms with E-state index in [1.165, 1.54) is 17.0 Å². The molecular formula is C24H31N3O4S. The number of anilines is 2. The number of benzene rings is 2. The number of nitrogens with zero attached hydrogens (tertiary/aromatic N) is 2. The summed E-state index contributed by atoms with van der Waals surface area (Å²) in [5.41, 5.74) is 2.72. The van der Waals surface area contributed by atoms with Crippen molar-refractivity contribution in [2.75, 3.05) is 35.5 Å². The lowest BCUT2D eigenvalue weighted by atomic mass is 10.1. The second-order valence-corrected chi connectivity index (χ2v) is 10.1. The number of likely N-dealkylation sites (tertiary alicyclic amines) is 1. The van der Waals surface area contributed by atoms with Crippen molar-refractivity contribution in [2.24, 2.45) is 0 Å². The molecular weight excluding hydrogens is 426 g/mol. The minimum atomic E-state index is -3.45. The number of hydrogen-bond donors (Lipinski definition) is 1. The van der Waals surface area contributed by atoms with E-state index in [2.05, 4.69) is 5.32 Å². The fourth-order valence-electron chi connectivity index (χ4n) is 3.89. The number of carbonyl (C=O) groups excluding carboxylic acids is 2. The molecule has 1 N–H and O–H groups in total. The second kappa shape index (κ2) is 10.6. The largest absolute Gasteiger partial charge is 0.339 e. The van der Waals surface area contributed by atoms with Gasteiger partial charge in [-0.2, -0.15) is 0 Å². The molecule has 8 heteroatoms. The highest BCUT2D eigenvalue weighted by Crippen LogP contribution is 2.22. The van der Waals surface area contributed by atoms with Gasteiger partial charge in [-0.15, -0.1) is 0 Å². The number of rotatable bonds is 8. The van der Waals surface area contributed by atoms with E-state index >= 15 is 0 Å². The monoisotopic (exact) mass is 457 g/mol. The first-order chi connectivity index (χ1) is 15.3. The van der Waals surface area contributed by atoms with E-state index in [0.717, 1.165) is 31.5 Å². The van der Waals surface area contributed by atoms with Crippen molar-refractivity contribution >= 4 is 33.2 Å². The van der Waals surface area contributed by atoms with Gasteiger partial charge in [0.1, 0.15) is 0 Å². The summed E-state index contributed by atoms with van der Waals surface area (Å²) in [6.45, 7) is 3.68. The van der Waals surface area contributed by atoms with E-state index in [9.17, 15) is 18.0 Å². The molecule has 2 amide bonds. The Labute approximate surface area is 190 Å². The van der Waals surface area contributed by atoms with Crippen molar-refractivity contribution in [3.05, 3.63) is 59.7 Å². The number of piperidine rings is 1. The summed E-state index contributed by atoms with van der Waals surface area (Å²) < 4.78 is 25.8. The average molecular weight is 458 g/mol. The van der Waals surface area contributed by atoms with E-state index in [4.69, 9.17) is 0 Å². The summed E-state index contributed by atoms with van der Waals surface area (Å²) in [5, 5.41) is 2.82. The molecule has 0 bridgehead atoms. The maximum Gasteiger partial charge on any atom is 0.253 e. The van der Waals surface area contributed by atoms with Gasteiger partial charge in [-0.3, -0.25) is 13.9 Å². The zero-order valence-electron chi connectivity index (χ0n) is 18.7. The van der Waals surface area contributed by atoms with Crippen LogP contribution in [-0.2, 0) is 14.8 Å². The van der Waals surface area contributed by atoms with Gasteiger partial charge in [0.05, 0.1) is 11.9 Å². The maximum atomic E-state index is 12.5. The van der Waals surface area contributed by atoms with Crippen LogP contribution in [0.5, 0.6) is 0 Å². The van der Waals surface area contributed by atoms with Crippen LogP contribution in [0.15, 0.2) is 48.5 Å². The molecule has 0 saturated carbocycles. The Hall–Kier alpha value is -2.87. The maximum absolute atomic E-state index is 12.5. The summed E-state index contributed by atoms with van der Waals surface area (Å²) in [7, 11) is -3.45. The normalized spacial score (nSPS) is 14.1. The first-order valence-electron chi connectivity index (χ1n) is 11.0. The quantitative estimate of drug-likeness (QED) is 0.653. The van der Waals surface area contributed by atoms with E-state index in [1.54, 1.807) is 36.4 Å². The summed E-state index contributed by atoms with van der Waals surface area (Å²) in [6, 6.07) is 14.2. The molecule has 3 rings (SSSR count). The molecule has 0 aromatic heterocycles. The van der Waals surface area contributed by atoms with Gasteiger partial charge in [-0.25, -0.2) is 8.42 Å². The zero-order valence-corrected chi connectivity index (χ0v) is 19.5. The molecule has 0 unspecified atom stereocenters. The Morgan fingerprint density at radius 2 is 1.66 bits per heavy atom. The minimum absolute atomic E-state index is 0.0275. The molecule has 0 radical (unpaired) electrons. The molecule has 1 heterocycles. The molecule has 7 nitrogen and oxygen atoms in total.